The summed E-state index contributed by atoms with van der Waals surface area (Å²) >= 11 is 7.26. The van der Waals surface area contributed by atoms with Crippen molar-refractivity contribution in [1.82, 2.24) is 10.3 Å². The molecule has 0 fully saturated rings. The molecule has 0 spiro atoms. The topological polar surface area (TPSA) is 54.0 Å². The number of hydrogen-bond acceptors (Lipinski definition) is 4. The van der Waals surface area contributed by atoms with Gasteiger partial charge < -0.3 is 10.6 Å². The van der Waals surface area contributed by atoms with Crippen LogP contribution in [0.4, 0.5) is 10.8 Å². The minimum Gasteiger partial charge on any atom is -0.351 e. The molecular weight excluding hydrogens is 402 g/mol. The van der Waals surface area contributed by atoms with Gasteiger partial charge in [0.05, 0.1) is 5.69 Å². The van der Waals surface area contributed by atoms with Crippen LogP contribution in [0, 0.1) is 6.92 Å². The lowest BCUT2D eigenvalue weighted by Crippen LogP contribution is -2.25. The van der Waals surface area contributed by atoms with Crippen LogP contribution < -0.4 is 10.6 Å². The van der Waals surface area contributed by atoms with Gasteiger partial charge in [0.2, 0.25) is 0 Å². The van der Waals surface area contributed by atoms with E-state index < -0.39 is 0 Å². The highest BCUT2D eigenvalue weighted by molar-refractivity contribution is 7.17. The molecule has 0 aliphatic rings. The number of carbonyl (C=O) groups is 1. The maximum atomic E-state index is 12.6. The van der Waals surface area contributed by atoms with Gasteiger partial charge in [-0.15, -0.1) is 0 Å². The van der Waals surface area contributed by atoms with Gasteiger partial charge in [-0.2, -0.15) is 0 Å². The molecule has 29 heavy (non-hydrogen) atoms. The summed E-state index contributed by atoms with van der Waals surface area (Å²) in [6, 6.07) is 22.1. The second-order valence-electron chi connectivity index (χ2n) is 6.75. The van der Waals surface area contributed by atoms with Gasteiger partial charge in [-0.3, -0.25) is 4.79 Å². The van der Waals surface area contributed by atoms with Crippen molar-refractivity contribution in [3.8, 4) is 0 Å². The second-order valence-corrected chi connectivity index (χ2v) is 8.19. The molecule has 0 unspecified atom stereocenters. The molecule has 1 amide bonds. The quantitative estimate of drug-likeness (QED) is 0.403. The first-order chi connectivity index (χ1) is 14.1. The van der Waals surface area contributed by atoms with Gasteiger partial charge >= 0.3 is 0 Å². The Hall–Kier alpha value is -2.89. The zero-order chi connectivity index (χ0) is 20.2. The fourth-order valence-electron chi connectivity index (χ4n) is 3.11. The Balaban J connectivity index is 1.36. The van der Waals surface area contributed by atoms with E-state index in [1.807, 2.05) is 43.3 Å². The molecule has 0 saturated heterocycles. The number of thiazole rings is 1. The summed E-state index contributed by atoms with van der Waals surface area (Å²) in [6.45, 7) is 2.43. The van der Waals surface area contributed by atoms with Crippen LogP contribution in [-0.4, -0.2) is 17.4 Å². The molecule has 146 valence electrons. The van der Waals surface area contributed by atoms with Crippen molar-refractivity contribution >= 4 is 50.4 Å². The molecule has 6 heteroatoms. The highest BCUT2D eigenvalue weighted by Crippen LogP contribution is 2.26. The number of amides is 1. The van der Waals surface area contributed by atoms with Crippen molar-refractivity contribution in [3.05, 3.63) is 87.9 Å². The van der Waals surface area contributed by atoms with E-state index in [2.05, 4.69) is 45.9 Å². The SMILES string of the molecule is Cc1nc(Nc2ccc(Cl)cc2)sc1C(=O)NCCc1ccc2ccccc2c1. The van der Waals surface area contributed by atoms with Crippen molar-refractivity contribution < 1.29 is 4.79 Å². The molecule has 3 aromatic carbocycles. The Morgan fingerprint density at radius 1 is 1.03 bits per heavy atom. The minimum atomic E-state index is -0.0926. The van der Waals surface area contributed by atoms with E-state index in [1.165, 1.54) is 27.7 Å². The number of aryl methyl sites for hydroxylation is 1. The molecule has 1 heterocycles. The van der Waals surface area contributed by atoms with Crippen LogP contribution in [0.2, 0.25) is 5.02 Å². The van der Waals surface area contributed by atoms with Gasteiger partial charge in [0.25, 0.3) is 5.91 Å². The predicted molar refractivity (Wildman–Crippen MR) is 122 cm³/mol. The van der Waals surface area contributed by atoms with E-state index in [1.54, 1.807) is 0 Å². The molecule has 0 radical (unpaired) electrons. The minimum absolute atomic E-state index is 0.0926. The number of rotatable bonds is 6. The van der Waals surface area contributed by atoms with Crippen LogP contribution >= 0.6 is 22.9 Å². The van der Waals surface area contributed by atoms with Crippen LogP contribution in [0.3, 0.4) is 0 Å². The Morgan fingerprint density at radius 2 is 1.79 bits per heavy atom. The van der Waals surface area contributed by atoms with Gasteiger partial charge in [-0.25, -0.2) is 4.98 Å². The van der Waals surface area contributed by atoms with Crippen molar-refractivity contribution in [2.24, 2.45) is 0 Å². The molecule has 0 aliphatic carbocycles. The van der Waals surface area contributed by atoms with E-state index in [0.29, 0.717) is 21.6 Å². The normalized spacial score (nSPS) is 10.8. The second kappa shape index (κ2) is 8.64. The number of benzene rings is 3. The fourth-order valence-corrected chi connectivity index (χ4v) is 4.14. The number of anilines is 2. The molecule has 0 saturated carbocycles. The van der Waals surface area contributed by atoms with Gasteiger partial charge in [0.1, 0.15) is 4.88 Å². The van der Waals surface area contributed by atoms with Crippen molar-refractivity contribution in [1.29, 1.82) is 0 Å². The van der Waals surface area contributed by atoms with Crippen molar-refractivity contribution in [2.75, 3.05) is 11.9 Å². The maximum Gasteiger partial charge on any atom is 0.263 e. The molecule has 0 aliphatic heterocycles. The number of hydrogen-bond donors (Lipinski definition) is 2. The highest BCUT2D eigenvalue weighted by Gasteiger charge is 2.15. The van der Waals surface area contributed by atoms with E-state index >= 15 is 0 Å². The highest BCUT2D eigenvalue weighted by atomic mass is 35.5. The third-order valence-corrected chi connectivity index (χ3v) is 5.94. The first-order valence-electron chi connectivity index (χ1n) is 9.34. The summed E-state index contributed by atoms with van der Waals surface area (Å²) in [6.07, 6.45) is 0.782. The number of aromatic nitrogens is 1. The van der Waals surface area contributed by atoms with Crippen LogP contribution in [0.1, 0.15) is 20.9 Å². The third-order valence-electron chi connectivity index (χ3n) is 4.61. The summed E-state index contributed by atoms with van der Waals surface area (Å²) in [5.74, 6) is -0.0926. The van der Waals surface area contributed by atoms with Gasteiger partial charge in [0.15, 0.2) is 5.13 Å². The van der Waals surface area contributed by atoms with Crippen LogP contribution in [0.15, 0.2) is 66.7 Å². The molecule has 0 atom stereocenters. The van der Waals surface area contributed by atoms with Crippen molar-refractivity contribution in [2.45, 2.75) is 13.3 Å². The largest absolute Gasteiger partial charge is 0.351 e. The van der Waals surface area contributed by atoms with E-state index in [-0.39, 0.29) is 5.91 Å². The number of fused-ring (bicyclic) bond motifs is 1. The van der Waals surface area contributed by atoms with E-state index in [9.17, 15) is 4.79 Å². The first kappa shape index (κ1) is 19.4. The zero-order valence-corrected chi connectivity index (χ0v) is 17.5. The molecule has 4 rings (SSSR count). The Bertz CT molecular complexity index is 1150. The van der Waals surface area contributed by atoms with Crippen molar-refractivity contribution in [3.63, 3.8) is 0 Å². The van der Waals surface area contributed by atoms with Gasteiger partial charge in [-0.05, 0) is 53.9 Å². The molecule has 4 nitrogen and oxygen atoms in total. The van der Waals surface area contributed by atoms with Gasteiger partial charge in [-0.1, -0.05) is 65.4 Å². The summed E-state index contributed by atoms with van der Waals surface area (Å²) < 4.78 is 0. The molecular formula is C23H20ClN3OS. The first-order valence-corrected chi connectivity index (χ1v) is 10.5. The third kappa shape index (κ3) is 4.75. The lowest BCUT2D eigenvalue weighted by atomic mass is 10.1. The van der Waals surface area contributed by atoms with Crippen LogP contribution in [0.25, 0.3) is 10.8 Å². The molecule has 2 N–H and O–H groups in total. The van der Waals surface area contributed by atoms with Crippen LogP contribution in [-0.2, 0) is 6.42 Å². The van der Waals surface area contributed by atoms with E-state index in [4.69, 9.17) is 11.6 Å². The standard InChI is InChI=1S/C23H20ClN3OS/c1-15-21(29-23(26-15)27-20-10-8-19(24)9-11-20)22(28)25-13-12-16-6-7-17-4-2-3-5-18(17)14-16/h2-11,14H,12-13H2,1H3,(H,25,28)(H,26,27). The average molecular weight is 422 g/mol. The predicted octanol–water partition coefficient (Wildman–Crippen LogP) is 5.97. The lowest BCUT2D eigenvalue weighted by molar-refractivity contribution is 0.0957. The number of nitrogens with one attached hydrogen (secondary N) is 2. The number of halogens is 1. The molecule has 0 bridgehead atoms. The van der Waals surface area contributed by atoms with Crippen LogP contribution in [0.5, 0.6) is 0 Å². The lowest BCUT2D eigenvalue weighted by Gasteiger charge is -2.06. The maximum absolute atomic E-state index is 12.6. The Labute approximate surface area is 178 Å². The smallest absolute Gasteiger partial charge is 0.263 e. The summed E-state index contributed by atoms with van der Waals surface area (Å²) in [4.78, 5) is 17.7. The summed E-state index contributed by atoms with van der Waals surface area (Å²) in [5, 5.41) is 10.0. The molecule has 1 aromatic heterocycles. The Morgan fingerprint density at radius 3 is 2.59 bits per heavy atom. The number of nitrogens with zero attached hydrogens (tertiary/aromatic N) is 1. The zero-order valence-electron chi connectivity index (χ0n) is 15.9. The monoisotopic (exact) mass is 421 g/mol. The summed E-state index contributed by atoms with van der Waals surface area (Å²) in [7, 11) is 0. The van der Waals surface area contributed by atoms with E-state index in [0.717, 1.165) is 17.8 Å². The van der Waals surface area contributed by atoms with Gasteiger partial charge in [0, 0.05) is 17.3 Å². The molecule has 4 aromatic rings. The Kier molecular flexibility index (Phi) is 5.79. The fraction of sp³-hybridized carbons (Fsp3) is 0.130. The number of carbonyl (C=O) groups excluding carboxylic acids is 1. The summed E-state index contributed by atoms with van der Waals surface area (Å²) in [5.41, 5.74) is 2.80. The average Bonchev–Trinajstić information content (AvgIpc) is 3.09.